The third-order valence-electron chi connectivity index (χ3n) is 14.6. The molecule has 9 rings (SSSR count). The van der Waals surface area contributed by atoms with Crippen LogP contribution in [0.25, 0.3) is 33.8 Å². The zero-order valence-electron chi connectivity index (χ0n) is 42.2. The van der Waals surface area contributed by atoms with Gasteiger partial charge in [-0.1, -0.05) is 78.9 Å². The lowest BCUT2D eigenvalue weighted by Crippen LogP contribution is -2.28. The first-order valence-corrected chi connectivity index (χ1v) is 25.2. The Labute approximate surface area is 442 Å². The minimum Gasteiger partial charge on any atom is -0.392 e. The van der Waals surface area contributed by atoms with Gasteiger partial charge in [0.1, 0.15) is 17.1 Å². The predicted octanol–water partition coefficient (Wildman–Crippen LogP) is 10.4. The van der Waals surface area contributed by atoms with Crippen molar-refractivity contribution in [3.63, 3.8) is 0 Å². The number of hydrogen-bond acceptors (Lipinski definition) is 8. The highest BCUT2D eigenvalue weighted by Crippen LogP contribution is 2.39. The lowest BCUT2D eigenvalue weighted by atomic mass is 9.91. The molecule has 3 aromatic heterocycles. The van der Waals surface area contributed by atoms with Crippen molar-refractivity contribution < 1.29 is 63.8 Å². The first-order valence-electron chi connectivity index (χ1n) is 25.2. The molecule has 3 fully saturated rings. The summed E-state index contributed by atoms with van der Waals surface area (Å²) in [5, 5.41) is 13.2. The Kier molecular flexibility index (Phi) is 15.5. The number of pyridine rings is 3. The van der Waals surface area contributed by atoms with E-state index in [-0.39, 0.29) is 119 Å². The number of hydrogen-bond donors (Lipinski definition) is 2. The maximum Gasteiger partial charge on any atom is 0.433 e. The maximum atomic E-state index is 14.5. The molecule has 3 aromatic carbocycles. The minimum atomic E-state index is -4.90. The number of aliphatic hydroxyl groups is 1. The fourth-order valence-electron chi connectivity index (χ4n) is 10.5. The van der Waals surface area contributed by atoms with Crippen molar-refractivity contribution in [1.29, 1.82) is 0 Å². The highest BCUT2D eigenvalue weighted by Gasteiger charge is 2.40. The van der Waals surface area contributed by atoms with Gasteiger partial charge in [0.2, 0.25) is 17.7 Å². The van der Waals surface area contributed by atoms with E-state index < -0.39 is 60.0 Å². The molecule has 6 aromatic rings. The third-order valence-corrected chi connectivity index (χ3v) is 14.6. The molecule has 2 unspecified atom stereocenters. The van der Waals surface area contributed by atoms with Crippen LogP contribution in [0, 0.1) is 18.8 Å². The molecule has 0 bridgehead atoms. The van der Waals surface area contributed by atoms with E-state index in [0.29, 0.717) is 42.6 Å². The summed E-state index contributed by atoms with van der Waals surface area (Å²) in [6.07, 6.45) is -13.1. The van der Waals surface area contributed by atoms with Crippen LogP contribution in [0.4, 0.5) is 39.5 Å². The van der Waals surface area contributed by atoms with Crippen LogP contribution >= 0.6 is 0 Å². The van der Waals surface area contributed by atoms with Gasteiger partial charge in [-0.3, -0.25) is 19.2 Å². The number of aliphatic hydroxyl groups excluding tert-OH is 1. The van der Waals surface area contributed by atoms with Crippen LogP contribution in [0.3, 0.4) is 0 Å². The number of likely N-dealkylation sites (tertiary alicyclic amines) is 3. The largest absolute Gasteiger partial charge is 0.433 e. The number of carbonyl (C=O) groups excluding carboxylic acids is 4. The van der Waals surface area contributed by atoms with Gasteiger partial charge in [-0.05, 0) is 90.6 Å². The standard InChI is InChI=1S/C57H52F9N7O5/c1-32-5-18-44(68-51(32)57(64,65)66)36-12-6-34(7-13-36)29-72-22-19-39(53(72)77)24-41-26-45(55(58,59)60)69-49(43(41)31-74)37-14-8-35(9-15-37)30-73-23-20-40(54(73)78)25-42-27-46(56(61,62)63)70-50(48(42)52(76)67-2)38-16-10-33(11-17-38)28-71-21-3-4-47(71)75/h5-18,26-27,39-40,74H,3-4,19-25,28-31H2,1-2H3,(H,67,76). The molecule has 408 valence electrons. The zero-order valence-corrected chi connectivity index (χ0v) is 42.2. The van der Waals surface area contributed by atoms with Gasteiger partial charge in [-0.25, -0.2) is 15.0 Å². The Morgan fingerprint density at radius 3 is 1.55 bits per heavy atom. The number of nitrogens with zero attached hydrogens (tertiary/aromatic N) is 6. The Morgan fingerprint density at radius 2 is 1.08 bits per heavy atom. The molecule has 4 amide bonds. The molecule has 3 aliphatic rings. The number of carbonyl (C=O) groups is 4. The van der Waals surface area contributed by atoms with E-state index in [4.69, 9.17) is 0 Å². The second-order valence-corrected chi connectivity index (χ2v) is 19.9. The number of amides is 4. The molecule has 0 saturated carbocycles. The summed E-state index contributed by atoms with van der Waals surface area (Å²) >= 11 is 0. The Morgan fingerprint density at radius 1 is 0.603 bits per heavy atom. The number of nitrogens with one attached hydrogen (secondary N) is 1. The van der Waals surface area contributed by atoms with Gasteiger partial charge in [-0.2, -0.15) is 39.5 Å². The molecular weight excluding hydrogens is 1030 g/mol. The third kappa shape index (κ3) is 11.9. The van der Waals surface area contributed by atoms with Crippen molar-refractivity contribution in [2.45, 2.75) is 90.2 Å². The predicted molar refractivity (Wildman–Crippen MR) is 267 cm³/mol. The van der Waals surface area contributed by atoms with E-state index >= 15 is 0 Å². The van der Waals surface area contributed by atoms with Crippen molar-refractivity contribution in [3.8, 4) is 33.8 Å². The SMILES string of the molecule is CNC(=O)c1c(CC2CCN(Cc3ccc(-c4nc(C(F)(F)F)cc(CC5CCN(Cc6ccc(-c7ccc(C)c(C(F)(F)F)n7)cc6)C5=O)c4CO)cc3)C2=O)cc(C(F)(F)F)nc1-c1ccc(CN2CCCC2=O)cc1. The molecule has 0 aliphatic carbocycles. The van der Waals surface area contributed by atoms with Gasteiger partial charge in [-0.15, -0.1) is 0 Å². The molecule has 0 spiro atoms. The minimum absolute atomic E-state index is 0.00566. The molecule has 2 atom stereocenters. The number of benzene rings is 3. The fraction of sp³-hybridized carbons (Fsp3) is 0.351. The van der Waals surface area contributed by atoms with Gasteiger partial charge >= 0.3 is 18.5 Å². The van der Waals surface area contributed by atoms with Gasteiger partial charge < -0.3 is 25.1 Å². The van der Waals surface area contributed by atoms with Crippen molar-refractivity contribution in [3.05, 3.63) is 159 Å². The van der Waals surface area contributed by atoms with Crippen LogP contribution in [0.1, 0.15) is 92.1 Å². The zero-order chi connectivity index (χ0) is 55.8. The first-order chi connectivity index (χ1) is 37.0. The summed E-state index contributed by atoms with van der Waals surface area (Å²) in [5.41, 5.74) is -0.872. The molecule has 0 radical (unpaired) electrons. The number of rotatable bonds is 15. The normalized spacial score (nSPS) is 17.2. The van der Waals surface area contributed by atoms with Crippen LogP contribution in [-0.2, 0) is 72.0 Å². The number of alkyl halides is 9. The molecule has 3 saturated heterocycles. The van der Waals surface area contributed by atoms with Crippen LogP contribution < -0.4 is 5.32 Å². The van der Waals surface area contributed by atoms with Crippen LogP contribution in [0.5, 0.6) is 0 Å². The topological polar surface area (TPSA) is 149 Å². The average molecular weight is 1090 g/mol. The molecule has 2 N–H and O–H groups in total. The Balaban J connectivity index is 0.890. The lowest BCUT2D eigenvalue weighted by Gasteiger charge is -2.21. The summed E-state index contributed by atoms with van der Waals surface area (Å²) in [4.78, 5) is 69.8. The molecule has 21 heteroatoms. The van der Waals surface area contributed by atoms with E-state index in [0.717, 1.165) is 24.1 Å². The summed E-state index contributed by atoms with van der Waals surface area (Å²) < 4.78 is 127. The fourth-order valence-corrected chi connectivity index (χ4v) is 10.5. The van der Waals surface area contributed by atoms with Crippen LogP contribution in [0.15, 0.2) is 97.1 Å². The monoisotopic (exact) mass is 1090 g/mol. The lowest BCUT2D eigenvalue weighted by molar-refractivity contribution is -0.142. The number of aromatic nitrogens is 3. The van der Waals surface area contributed by atoms with E-state index in [9.17, 15) is 63.8 Å². The Bertz CT molecular complexity index is 3260. The highest BCUT2D eigenvalue weighted by molar-refractivity contribution is 6.01. The smallest absolute Gasteiger partial charge is 0.392 e. The van der Waals surface area contributed by atoms with Crippen molar-refractivity contribution >= 4 is 23.6 Å². The number of aryl methyl sites for hydroxylation is 1. The summed E-state index contributed by atoms with van der Waals surface area (Å²) in [6.45, 7) is 2.18. The first kappa shape index (κ1) is 55.1. The van der Waals surface area contributed by atoms with Crippen LogP contribution in [0.2, 0.25) is 0 Å². The summed E-state index contributed by atoms with van der Waals surface area (Å²) in [7, 11) is 1.33. The van der Waals surface area contributed by atoms with E-state index in [1.807, 2.05) is 0 Å². The number of halogens is 9. The van der Waals surface area contributed by atoms with E-state index in [1.54, 1.807) is 70.5 Å². The second-order valence-electron chi connectivity index (χ2n) is 19.9. The average Bonchev–Trinajstić information content (AvgIpc) is 4.14. The highest BCUT2D eigenvalue weighted by atomic mass is 19.4. The van der Waals surface area contributed by atoms with Gasteiger partial charge in [0.15, 0.2) is 0 Å². The van der Waals surface area contributed by atoms with Crippen molar-refractivity contribution in [1.82, 2.24) is 35.0 Å². The molecule has 6 heterocycles. The molecule has 3 aliphatic heterocycles. The molecule has 78 heavy (non-hydrogen) atoms. The summed E-state index contributed by atoms with van der Waals surface area (Å²) in [5.74, 6) is -2.98. The van der Waals surface area contributed by atoms with Gasteiger partial charge in [0, 0.05) is 86.8 Å². The summed E-state index contributed by atoms with van der Waals surface area (Å²) in [6, 6.07) is 23.6. The van der Waals surface area contributed by atoms with Crippen LogP contribution in [-0.4, -0.2) is 85.1 Å². The Hall–Kier alpha value is -7.68. The van der Waals surface area contributed by atoms with E-state index in [1.165, 1.54) is 43.1 Å². The maximum absolute atomic E-state index is 14.5. The van der Waals surface area contributed by atoms with Gasteiger partial charge in [0.05, 0.1) is 29.3 Å². The molecule has 12 nitrogen and oxygen atoms in total. The van der Waals surface area contributed by atoms with E-state index in [2.05, 4.69) is 20.3 Å². The molecular formula is C57H52F9N7O5. The van der Waals surface area contributed by atoms with Gasteiger partial charge in [0.25, 0.3) is 5.91 Å². The quantitative estimate of drug-likeness (QED) is 0.0966. The second kappa shape index (κ2) is 22.0. The van der Waals surface area contributed by atoms with Crippen molar-refractivity contribution in [2.75, 3.05) is 26.7 Å². The van der Waals surface area contributed by atoms with Crippen molar-refractivity contribution in [2.24, 2.45) is 11.8 Å².